The van der Waals surface area contributed by atoms with E-state index in [0.29, 0.717) is 6.54 Å². The van der Waals surface area contributed by atoms with E-state index in [0.717, 1.165) is 56.3 Å². The first kappa shape index (κ1) is 22.1. The molecule has 3 rings (SSSR count). The van der Waals surface area contributed by atoms with Crippen LogP contribution in [0.1, 0.15) is 35.8 Å². The van der Waals surface area contributed by atoms with Gasteiger partial charge in [-0.2, -0.15) is 0 Å². The van der Waals surface area contributed by atoms with Crippen LogP contribution in [0, 0.1) is 12.8 Å². The van der Waals surface area contributed by atoms with E-state index >= 15 is 0 Å². The molecule has 0 aliphatic heterocycles. The lowest BCUT2D eigenvalue weighted by Gasteiger charge is -2.12. The van der Waals surface area contributed by atoms with E-state index in [4.69, 9.17) is 4.74 Å². The van der Waals surface area contributed by atoms with Crippen molar-refractivity contribution in [2.75, 3.05) is 19.8 Å². The zero-order chi connectivity index (χ0) is 18.2. The third-order valence-electron chi connectivity index (χ3n) is 4.38. The Kier molecular flexibility index (Phi) is 9.49. The van der Waals surface area contributed by atoms with Gasteiger partial charge in [-0.1, -0.05) is 6.07 Å². The lowest BCUT2D eigenvalue weighted by atomic mass is 10.4. The Hall–Kier alpha value is -1.20. The summed E-state index contributed by atoms with van der Waals surface area (Å²) in [5.41, 5.74) is 0. The SMILES string of the molecule is Cc1nnc(CN=C(NCCCOCC2CC2)NCc2cccs2)n1C.I. The molecule has 27 heavy (non-hydrogen) atoms. The number of nitrogens with one attached hydrogen (secondary N) is 2. The van der Waals surface area contributed by atoms with Gasteiger partial charge in [0.1, 0.15) is 12.4 Å². The maximum Gasteiger partial charge on any atom is 0.192 e. The molecule has 7 nitrogen and oxygen atoms in total. The molecule has 1 saturated carbocycles. The van der Waals surface area contributed by atoms with Crippen molar-refractivity contribution in [3.63, 3.8) is 0 Å². The zero-order valence-electron chi connectivity index (χ0n) is 16.0. The number of nitrogens with zero attached hydrogens (tertiary/aromatic N) is 4. The van der Waals surface area contributed by atoms with E-state index < -0.39 is 0 Å². The highest BCUT2D eigenvalue weighted by molar-refractivity contribution is 14.0. The number of rotatable bonds is 10. The number of aliphatic imine (C=N–C) groups is 1. The summed E-state index contributed by atoms with van der Waals surface area (Å²) in [6, 6.07) is 4.18. The molecule has 150 valence electrons. The standard InChI is InChI=1S/C18H28N6OS.HI/c1-14-22-23-17(24(14)2)12-21-18(20-11-16-5-3-10-26-16)19-8-4-9-25-13-15-6-7-15;/h3,5,10,15H,4,6-9,11-13H2,1-2H3,(H2,19,20,21);1H. The molecule has 2 aromatic heterocycles. The van der Waals surface area contributed by atoms with Crippen molar-refractivity contribution in [1.82, 2.24) is 25.4 Å². The van der Waals surface area contributed by atoms with E-state index in [1.807, 2.05) is 18.5 Å². The minimum atomic E-state index is 0. The number of ether oxygens (including phenoxy) is 1. The van der Waals surface area contributed by atoms with E-state index in [1.165, 1.54) is 17.7 Å². The van der Waals surface area contributed by atoms with Crippen LogP contribution < -0.4 is 10.6 Å². The van der Waals surface area contributed by atoms with Crippen LogP contribution in [0.2, 0.25) is 0 Å². The average molecular weight is 504 g/mol. The molecular weight excluding hydrogens is 475 g/mol. The summed E-state index contributed by atoms with van der Waals surface area (Å²) >= 11 is 1.74. The van der Waals surface area contributed by atoms with Gasteiger partial charge in [-0.15, -0.1) is 45.5 Å². The van der Waals surface area contributed by atoms with Gasteiger partial charge >= 0.3 is 0 Å². The topological polar surface area (TPSA) is 76.4 Å². The molecule has 0 radical (unpaired) electrons. The monoisotopic (exact) mass is 504 g/mol. The first-order valence-electron chi connectivity index (χ1n) is 9.19. The minimum Gasteiger partial charge on any atom is -0.381 e. The van der Waals surface area contributed by atoms with Crippen LogP contribution in [0.15, 0.2) is 22.5 Å². The maximum atomic E-state index is 5.69. The molecule has 0 spiro atoms. The Morgan fingerprint density at radius 3 is 2.89 bits per heavy atom. The van der Waals surface area contributed by atoms with Gasteiger partial charge in [0.25, 0.3) is 0 Å². The smallest absolute Gasteiger partial charge is 0.192 e. The number of hydrogen-bond donors (Lipinski definition) is 2. The number of halogens is 1. The second-order valence-corrected chi connectivity index (χ2v) is 7.65. The number of guanidine groups is 1. The molecule has 1 aliphatic carbocycles. The van der Waals surface area contributed by atoms with Crippen molar-refractivity contribution >= 4 is 41.3 Å². The van der Waals surface area contributed by atoms with Gasteiger partial charge < -0.3 is 19.9 Å². The van der Waals surface area contributed by atoms with Crippen LogP contribution in [0.4, 0.5) is 0 Å². The van der Waals surface area contributed by atoms with Gasteiger partial charge in [-0.25, -0.2) is 4.99 Å². The highest BCUT2D eigenvalue weighted by atomic mass is 127. The van der Waals surface area contributed by atoms with Gasteiger partial charge in [0.15, 0.2) is 11.8 Å². The molecule has 0 amide bonds. The van der Waals surface area contributed by atoms with E-state index in [9.17, 15) is 0 Å². The van der Waals surface area contributed by atoms with Crippen LogP contribution in [0.3, 0.4) is 0 Å². The number of aryl methyl sites for hydroxylation is 1. The summed E-state index contributed by atoms with van der Waals surface area (Å²) in [6.07, 6.45) is 3.64. The van der Waals surface area contributed by atoms with Crippen molar-refractivity contribution in [2.24, 2.45) is 18.0 Å². The Labute approximate surface area is 182 Å². The predicted molar refractivity (Wildman–Crippen MR) is 120 cm³/mol. The molecule has 9 heteroatoms. The molecule has 1 aliphatic rings. The summed E-state index contributed by atoms with van der Waals surface area (Å²) < 4.78 is 7.65. The quantitative estimate of drug-likeness (QED) is 0.225. The molecular formula is C18H29IN6OS. The van der Waals surface area contributed by atoms with Crippen LogP contribution in [-0.2, 0) is 24.9 Å². The number of aromatic nitrogens is 3. The summed E-state index contributed by atoms with van der Waals surface area (Å²) in [7, 11) is 1.96. The summed E-state index contributed by atoms with van der Waals surface area (Å²) in [5.74, 6) is 3.36. The summed E-state index contributed by atoms with van der Waals surface area (Å²) in [4.78, 5) is 5.94. The van der Waals surface area contributed by atoms with Crippen LogP contribution in [-0.4, -0.2) is 40.5 Å². The van der Waals surface area contributed by atoms with Crippen molar-refractivity contribution in [2.45, 2.75) is 39.3 Å². The van der Waals surface area contributed by atoms with Crippen LogP contribution >= 0.6 is 35.3 Å². The lowest BCUT2D eigenvalue weighted by Crippen LogP contribution is -2.37. The van der Waals surface area contributed by atoms with E-state index in [1.54, 1.807) is 11.3 Å². The van der Waals surface area contributed by atoms with E-state index in [2.05, 4.69) is 43.3 Å². The van der Waals surface area contributed by atoms with Crippen molar-refractivity contribution < 1.29 is 4.74 Å². The Balaban J connectivity index is 0.00000261. The Morgan fingerprint density at radius 2 is 2.22 bits per heavy atom. The van der Waals surface area contributed by atoms with Crippen molar-refractivity contribution in [3.05, 3.63) is 34.0 Å². The van der Waals surface area contributed by atoms with Gasteiger partial charge in [0, 0.05) is 31.7 Å². The van der Waals surface area contributed by atoms with Gasteiger partial charge in [0.2, 0.25) is 0 Å². The van der Waals surface area contributed by atoms with Gasteiger partial charge in [-0.3, -0.25) is 0 Å². The van der Waals surface area contributed by atoms with Crippen molar-refractivity contribution in [3.8, 4) is 0 Å². The molecule has 0 saturated heterocycles. The van der Waals surface area contributed by atoms with E-state index in [-0.39, 0.29) is 24.0 Å². The number of thiophene rings is 1. The lowest BCUT2D eigenvalue weighted by molar-refractivity contribution is 0.123. The molecule has 2 heterocycles. The molecule has 0 aromatic carbocycles. The van der Waals surface area contributed by atoms with Gasteiger partial charge in [-0.05, 0) is 43.6 Å². The van der Waals surface area contributed by atoms with Crippen LogP contribution in [0.5, 0.6) is 0 Å². The fourth-order valence-electron chi connectivity index (χ4n) is 2.41. The third kappa shape index (κ3) is 7.74. The average Bonchev–Trinajstić information content (AvgIpc) is 3.22. The second kappa shape index (κ2) is 11.6. The predicted octanol–water partition coefficient (Wildman–Crippen LogP) is 2.86. The normalized spacial score (nSPS) is 14.1. The first-order valence-corrected chi connectivity index (χ1v) is 10.1. The molecule has 0 atom stereocenters. The van der Waals surface area contributed by atoms with Crippen LogP contribution in [0.25, 0.3) is 0 Å². The molecule has 2 N–H and O–H groups in total. The highest BCUT2D eigenvalue weighted by Crippen LogP contribution is 2.28. The van der Waals surface area contributed by atoms with Crippen molar-refractivity contribution in [1.29, 1.82) is 0 Å². The highest BCUT2D eigenvalue weighted by Gasteiger charge is 2.20. The Morgan fingerprint density at radius 1 is 1.37 bits per heavy atom. The Bertz CT molecular complexity index is 699. The first-order chi connectivity index (χ1) is 12.7. The molecule has 1 fully saturated rings. The summed E-state index contributed by atoms with van der Waals surface area (Å²) in [6.45, 7) is 5.75. The fraction of sp³-hybridized carbons (Fsp3) is 0.611. The van der Waals surface area contributed by atoms with Gasteiger partial charge in [0.05, 0.1) is 6.54 Å². The summed E-state index contributed by atoms with van der Waals surface area (Å²) in [5, 5.41) is 17.1. The number of hydrogen-bond acceptors (Lipinski definition) is 5. The zero-order valence-corrected chi connectivity index (χ0v) is 19.1. The third-order valence-corrected chi connectivity index (χ3v) is 5.26. The maximum absolute atomic E-state index is 5.69. The second-order valence-electron chi connectivity index (χ2n) is 6.62. The fourth-order valence-corrected chi connectivity index (χ4v) is 3.06. The molecule has 0 unspecified atom stereocenters. The molecule has 2 aromatic rings. The minimum absolute atomic E-state index is 0. The largest absolute Gasteiger partial charge is 0.381 e. The molecule has 0 bridgehead atoms.